The lowest BCUT2D eigenvalue weighted by atomic mass is 10.00. The maximum Gasteiger partial charge on any atom is 0.269 e. The summed E-state index contributed by atoms with van der Waals surface area (Å²) in [5.74, 6) is 5.32. The molecule has 0 radical (unpaired) electrons. The fourth-order valence-corrected chi connectivity index (χ4v) is 2.81. The van der Waals surface area contributed by atoms with E-state index in [1.54, 1.807) is 13.1 Å². The fourth-order valence-electron chi connectivity index (χ4n) is 2.81. The highest BCUT2D eigenvalue weighted by atomic mass is 16.3. The first kappa shape index (κ1) is 17.6. The van der Waals surface area contributed by atoms with E-state index in [4.69, 9.17) is 5.73 Å². The molecule has 0 bridgehead atoms. The van der Waals surface area contributed by atoms with Gasteiger partial charge < -0.3 is 15.7 Å². The lowest BCUT2D eigenvalue weighted by molar-refractivity contribution is 0.0994. The van der Waals surface area contributed by atoms with Gasteiger partial charge in [-0.3, -0.25) is 9.78 Å². The van der Waals surface area contributed by atoms with Gasteiger partial charge in [0.05, 0.1) is 23.3 Å². The number of carbonyl (C=O) groups excluding carboxylic acids is 1. The van der Waals surface area contributed by atoms with Crippen LogP contribution in [0.1, 0.15) is 28.2 Å². The van der Waals surface area contributed by atoms with Gasteiger partial charge in [0, 0.05) is 31.1 Å². The van der Waals surface area contributed by atoms with Crippen molar-refractivity contribution < 1.29 is 9.90 Å². The third kappa shape index (κ3) is 3.30. The number of benzene rings is 1. The van der Waals surface area contributed by atoms with Gasteiger partial charge in [-0.2, -0.15) is 0 Å². The van der Waals surface area contributed by atoms with E-state index in [0.717, 1.165) is 17.7 Å². The third-order valence-corrected chi connectivity index (χ3v) is 4.51. The normalized spacial score (nSPS) is 19.2. The minimum Gasteiger partial charge on any atom is -0.375 e. The molecule has 1 aliphatic rings. The van der Waals surface area contributed by atoms with Crippen molar-refractivity contribution >= 4 is 5.91 Å². The first-order valence-corrected chi connectivity index (χ1v) is 8.20. The molecule has 1 aliphatic heterocycles. The Labute approximate surface area is 152 Å². The van der Waals surface area contributed by atoms with E-state index >= 15 is 0 Å². The zero-order valence-electron chi connectivity index (χ0n) is 14.8. The van der Waals surface area contributed by atoms with Gasteiger partial charge >= 0.3 is 0 Å². The Morgan fingerprint density at radius 3 is 2.88 bits per heavy atom. The van der Waals surface area contributed by atoms with Crippen molar-refractivity contribution in [1.82, 2.24) is 14.9 Å². The second kappa shape index (κ2) is 6.62. The second-order valence-corrected chi connectivity index (χ2v) is 6.36. The van der Waals surface area contributed by atoms with Gasteiger partial charge in [-0.25, -0.2) is 4.98 Å². The topological polar surface area (TPSA) is 92.3 Å². The smallest absolute Gasteiger partial charge is 0.269 e. The largest absolute Gasteiger partial charge is 0.375 e. The molecule has 1 saturated heterocycles. The molecule has 2 heterocycles. The molecule has 1 aromatic carbocycles. The van der Waals surface area contributed by atoms with Crippen LogP contribution in [0.2, 0.25) is 0 Å². The van der Waals surface area contributed by atoms with E-state index in [0.29, 0.717) is 23.5 Å². The van der Waals surface area contributed by atoms with Crippen LogP contribution in [-0.4, -0.2) is 45.1 Å². The molecule has 132 valence electrons. The molecule has 0 aliphatic carbocycles. The van der Waals surface area contributed by atoms with Gasteiger partial charge in [-0.1, -0.05) is 30.6 Å². The Kier molecular flexibility index (Phi) is 4.49. The van der Waals surface area contributed by atoms with Crippen LogP contribution in [0.15, 0.2) is 42.7 Å². The summed E-state index contributed by atoms with van der Waals surface area (Å²) < 4.78 is 0. The van der Waals surface area contributed by atoms with Crippen molar-refractivity contribution in [3.63, 3.8) is 0 Å². The second-order valence-electron chi connectivity index (χ2n) is 6.36. The van der Waals surface area contributed by atoms with Gasteiger partial charge in [0.15, 0.2) is 5.60 Å². The molecule has 3 rings (SSSR count). The molecule has 0 spiro atoms. The minimum absolute atomic E-state index is 0.151. The van der Waals surface area contributed by atoms with Gasteiger partial charge in [-0.05, 0) is 19.1 Å². The number of aliphatic hydroxyl groups is 1. The average molecular weight is 348 g/mol. The standard InChI is InChI=1S/C20H20N4O2/c1-13-18(19(21)25)23-17(12-22-13)16-6-4-5-15(11-16)7-8-20(26)9-10-24(3)14(20)2/h4-6,11-12,26H,2,9-10H2,1,3H3,(H2,21,25)/t20-/m0/s1. The lowest BCUT2D eigenvalue weighted by Gasteiger charge is -2.19. The summed E-state index contributed by atoms with van der Waals surface area (Å²) in [6, 6.07) is 7.37. The predicted octanol–water partition coefficient (Wildman–Crippen LogP) is 1.48. The van der Waals surface area contributed by atoms with Crippen LogP contribution in [-0.2, 0) is 0 Å². The van der Waals surface area contributed by atoms with E-state index in [-0.39, 0.29) is 5.69 Å². The minimum atomic E-state index is -1.20. The quantitative estimate of drug-likeness (QED) is 0.802. The number of hydrogen-bond donors (Lipinski definition) is 2. The van der Waals surface area contributed by atoms with Crippen LogP contribution < -0.4 is 5.73 Å². The van der Waals surface area contributed by atoms with Crippen molar-refractivity contribution in [3.8, 4) is 23.1 Å². The monoisotopic (exact) mass is 348 g/mol. The third-order valence-electron chi connectivity index (χ3n) is 4.51. The number of likely N-dealkylation sites (tertiary alicyclic amines) is 1. The van der Waals surface area contributed by atoms with Gasteiger partial charge in [0.25, 0.3) is 5.91 Å². The molecule has 1 aromatic heterocycles. The van der Waals surface area contributed by atoms with Crippen LogP contribution in [0.25, 0.3) is 11.3 Å². The van der Waals surface area contributed by atoms with Crippen molar-refractivity contribution in [2.75, 3.05) is 13.6 Å². The summed E-state index contributed by atoms with van der Waals surface area (Å²) in [5.41, 5.74) is 7.42. The molecular formula is C20H20N4O2. The number of primary amides is 1. The zero-order chi connectivity index (χ0) is 18.9. The molecule has 1 fully saturated rings. The molecular weight excluding hydrogens is 328 g/mol. The summed E-state index contributed by atoms with van der Waals surface area (Å²) in [5, 5.41) is 10.6. The highest BCUT2D eigenvalue weighted by Gasteiger charge is 2.36. The number of aryl methyl sites for hydroxylation is 1. The average Bonchev–Trinajstić information content (AvgIpc) is 2.88. The van der Waals surface area contributed by atoms with Crippen LogP contribution in [0.5, 0.6) is 0 Å². The molecule has 0 unspecified atom stereocenters. The zero-order valence-corrected chi connectivity index (χ0v) is 14.8. The number of rotatable bonds is 2. The predicted molar refractivity (Wildman–Crippen MR) is 98.9 cm³/mol. The van der Waals surface area contributed by atoms with Gasteiger partial charge in [0.1, 0.15) is 5.69 Å². The van der Waals surface area contributed by atoms with E-state index in [1.807, 2.05) is 36.2 Å². The maximum atomic E-state index is 11.5. The lowest BCUT2D eigenvalue weighted by Crippen LogP contribution is -2.26. The SMILES string of the molecule is C=C1N(C)CC[C@@]1(O)C#Cc1cccc(-c2cnc(C)c(C(N)=O)n2)c1. The van der Waals surface area contributed by atoms with Crippen molar-refractivity contribution in [2.45, 2.75) is 18.9 Å². The van der Waals surface area contributed by atoms with Crippen LogP contribution in [0.3, 0.4) is 0 Å². The number of amides is 1. The van der Waals surface area contributed by atoms with Gasteiger partial charge in [0.2, 0.25) is 0 Å². The summed E-state index contributed by atoms with van der Waals surface area (Å²) in [6.07, 6.45) is 2.12. The molecule has 0 saturated carbocycles. The molecule has 1 amide bonds. The summed E-state index contributed by atoms with van der Waals surface area (Å²) >= 11 is 0. The number of hydrogen-bond acceptors (Lipinski definition) is 5. The van der Waals surface area contributed by atoms with E-state index in [2.05, 4.69) is 28.4 Å². The highest BCUT2D eigenvalue weighted by molar-refractivity contribution is 5.92. The van der Waals surface area contributed by atoms with E-state index in [1.165, 1.54) is 0 Å². The molecule has 1 atom stereocenters. The summed E-state index contributed by atoms with van der Waals surface area (Å²) in [7, 11) is 1.88. The Bertz CT molecular complexity index is 958. The Morgan fingerprint density at radius 1 is 1.46 bits per heavy atom. The number of nitrogens with zero attached hydrogens (tertiary/aromatic N) is 3. The molecule has 3 N–H and O–H groups in total. The summed E-state index contributed by atoms with van der Waals surface area (Å²) in [6.45, 7) is 6.32. The maximum absolute atomic E-state index is 11.5. The highest BCUT2D eigenvalue weighted by Crippen LogP contribution is 2.29. The van der Waals surface area contributed by atoms with Crippen LogP contribution >= 0.6 is 0 Å². The van der Waals surface area contributed by atoms with E-state index in [9.17, 15) is 9.90 Å². The fraction of sp³-hybridized carbons (Fsp3) is 0.250. The Hall–Kier alpha value is -3.17. The first-order chi connectivity index (χ1) is 12.3. The number of carbonyl (C=O) groups is 1. The Morgan fingerprint density at radius 2 is 2.23 bits per heavy atom. The number of likely N-dealkylation sites (N-methyl/N-ethyl adjacent to an activating group) is 1. The molecule has 6 heteroatoms. The molecule has 6 nitrogen and oxygen atoms in total. The summed E-state index contributed by atoms with van der Waals surface area (Å²) in [4.78, 5) is 21.9. The molecule has 2 aromatic rings. The number of nitrogens with two attached hydrogens (primary N) is 1. The Balaban J connectivity index is 1.93. The molecule has 26 heavy (non-hydrogen) atoms. The van der Waals surface area contributed by atoms with Crippen molar-refractivity contribution in [2.24, 2.45) is 5.73 Å². The van der Waals surface area contributed by atoms with E-state index < -0.39 is 11.5 Å². The van der Waals surface area contributed by atoms with Crippen LogP contribution in [0.4, 0.5) is 0 Å². The first-order valence-electron chi connectivity index (χ1n) is 8.20. The van der Waals surface area contributed by atoms with Crippen molar-refractivity contribution in [3.05, 3.63) is 59.7 Å². The van der Waals surface area contributed by atoms with Gasteiger partial charge in [-0.15, -0.1) is 0 Å². The van der Waals surface area contributed by atoms with Crippen molar-refractivity contribution in [1.29, 1.82) is 0 Å². The van der Waals surface area contributed by atoms with Crippen LogP contribution in [0, 0.1) is 18.8 Å². The number of aromatic nitrogens is 2.